The second kappa shape index (κ2) is 7.00. The van der Waals surface area contributed by atoms with Crippen LogP contribution in [0.4, 0.5) is 9.18 Å². The van der Waals surface area contributed by atoms with Gasteiger partial charge in [0.1, 0.15) is 12.4 Å². The minimum absolute atomic E-state index is 0.0384. The number of aromatic nitrogens is 1. The van der Waals surface area contributed by atoms with Crippen LogP contribution in [-0.4, -0.2) is 17.1 Å². The minimum atomic E-state index is -0.434. The van der Waals surface area contributed by atoms with Crippen molar-refractivity contribution in [2.24, 2.45) is 0 Å². The average Bonchev–Trinajstić information content (AvgIpc) is 2.98. The lowest BCUT2D eigenvalue weighted by Gasteiger charge is -2.23. The quantitative estimate of drug-likeness (QED) is 0.697. The molecule has 0 radical (unpaired) electrons. The number of rotatable bonds is 3. The summed E-state index contributed by atoms with van der Waals surface area (Å²) in [6, 6.07) is 12.6. The highest BCUT2D eigenvalue weighted by Gasteiger charge is 2.24. The predicted octanol–water partition coefficient (Wildman–Crippen LogP) is 4.74. The van der Waals surface area contributed by atoms with Crippen molar-refractivity contribution in [2.45, 2.75) is 31.9 Å². The predicted molar refractivity (Wildman–Crippen MR) is 98.8 cm³/mol. The maximum Gasteiger partial charge on any atom is 0.407 e. The molecule has 1 aliphatic carbocycles. The standard InChI is InChI=1S/C20H18ClFN2O2/c21-16-10-19-15(9-17(16)22)14-8-13(6-7-18(14)24-19)23-20(25)26-11-12-4-2-1-3-5-12/h1-5,9-10,13,24H,6-8,11H2,(H,23,25)/t13-/m1/s1. The fourth-order valence-electron chi connectivity index (χ4n) is 3.47. The normalized spacial score (nSPS) is 16.3. The number of fused-ring (bicyclic) bond motifs is 3. The molecule has 6 heteroatoms. The highest BCUT2D eigenvalue weighted by molar-refractivity contribution is 6.31. The summed E-state index contributed by atoms with van der Waals surface area (Å²) in [6.45, 7) is 0.238. The number of ether oxygens (including phenoxy) is 1. The number of hydrogen-bond donors (Lipinski definition) is 2. The third-order valence-corrected chi connectivity index (χ3v) is 5.05. The summed E-state index contributed by atoms with van der Waals surface area (Å²) < 4.78 is 19.1. The van der Waals surface area contributed by atoms with Gasteiger partial charge in [0.25, 0.3) is 0 Å². The van der Waals surface area contributed by atoms with Gasteiger partial charge in [-0.3, -0.25) is 0 Å². The molecular weight excluding hydrogens is 355 g/mol. The van der Waals surface area contributed by atoms with Gasteiger partial charge in [0.2, 0.25) is 0 Å². The number of aromatic amines is 1. The number of hydrogen-bond acceptors (Lipinski definition) is 2. The Labute approximate surface area is 155 Å². The molecule has 1 heterocycles. The topological polar surface area (TPSA) is 54.1 Å². The maximum atomic E-state index is 13.8. The molecule has 1 amide bonds. The van der Waals surface area contributed by atoms with E-state index >= 15 is 0 Å². The number of nitrogens with one attached hydrogen (secondary N) is 2. The number of halogens is 2. The number of amides is 1. The number of H-pyrrole nitrogens is 1. The second-order valence-electron chi connectivity index (χ2n) is 6.54. The molecule has 1 aliphatic rings. The molecule has 1 aromatic heterocycles. The maximum absolute atomic E-state index is 13.8. The van der Waals surface area contributed by atoms with Crippen molar-refractivity contribution in [3.8, 4) is 0 Å². The highest BCUT2D eigenvalue weighted by Crippen LogP contribution is 2.32. The van der Waals surface area contributed by atoms with Crippen LogP contribution in [0.3, 0.4) is 0 Å². The van der Waals surface area contributed by atoms with Gasteiger partial charge in [-0.15, -0.1) is 0 Å². The monoisotopic (exact) mass is 372 g/mol. The van der Waals surface area contributed by atoms with E-state index in [-0.39, 0.29) is 17.7 Å². The second-order valence-corrected chi connectivity index (χ2v) is 6.95. The molecular formula is C20H18ClFN2O2. The molecule has 0 aliphatic heterocycles. The van der Waals surface area contributed by atoms with Gasteiger partial charge >= 0.3 is 6.09 Å². The number of aryl methyl sites for hydroxylation is 1. The van der Waals surface area contributed by atoms with Crippen LogP contribution in [0.2, 0.25) is 5.02 Å². The first-order valence-electron chi connectivity index (χ1n) is 8.56. The van der Waals surface area contributed by atoms with Crippen molar-refractivity contribution in [2.75, 3.05) is 0 Å². The largest absolute Gasteiger partial charge is 0.445 e. The first-order chi connectivity index (χ1) is 12.6. The Morgan fingerprint density at radius 1 is 1.31 bits per heavy atom. The van der Waals surface area contributed by atoms with Crippen LogP contribution in [0, 0.1) is 5.82 Å². The lowest BCUT2D eigenvalue weighted by atomic mass is 9.91. The Morgan fingerprint density at radius 2 is 2.12 bits per heavy atom. The van der Waals surface area contributed by atoms with Crippen LogP contribution >= 0.6 is 11.6 Å². The molecule has 26 heavy (non-hydrogen) atoms. The van der Waals surface area contributed by atoms with Crippen molar-refractivity contribution in [3.63, 3.8) is 0 Å². The fraction of sp³-hybridized carbons (Fsp3) is 0.250. The van der Waals surface area contributed by atoms with Crippen LogP contribution in [-0.2, 0) is 24.2 Å². The van der Waals surface area contributed by atoms with Crippen LogP contribution in [0.25, 0.3) is 10.9 Å². The molecule has 0 unspecified atom stereocenters. The lowest BCUT2D eigenvalue weighted by Crippen LogP contribution is -2.39. The zero-order chi connectivity index (χ0) is 18.1. The van der Waals surface area contributed by atoms with E-state index in [1.807, 2.05) is 30.3 Å². The van der Waals surface area contributed by atoms with E-state index in [1.54, 1.807) is 6.07 Å². The molecule has 4 nitrogen and oxygen atoms in total. The van der Waals surface area contributed by atoms with Crippen LogP contribution in [0.1, 0.15) is 23.2 Å². The van der Waals surface area contributed by atoms with Crippen molar-refractivity contribution >= 4 is 28.6 Å². The first kappa shape index (κ1) is 16.9. The number of carbonyl (C=O) groups is 1. The molecule has 134 valence electrons. The molecule has 3 aromatic rings. The van der Waals surface area contributed by atoms with Crippen LogP contribution in [0.15, 0.2) is 42.5 Å². The number of alkyl carbamates (subject to hydrolysis) is 1. The molecule has 1 atom stereocenters. The molecule has 0 bridgehead atoms. The number of benzene rings is 2. The van der Waals surface area contributed by atoms with Crippen molar-refractivity contribution in [1.82, 2.24) is 10.3 Å². The van der Waals surface area contributed by atoms with E-state index in [2.05, 4.69) is 10.3 Å². The Balaban J connectivity index is 1.43. The van der Waals surface area contributed by atoms with Crippen LogP contribution in [0.5, 0.6) is 0 Å². The summed E-state index contributed by atoms with van der Waals surface area (Å²) in [6.07, 6.45) is 1.79. The van der Waals surface area contributed by atoms with E-state index in [9.17, 15) is 9.18 Å². The van der Waals surface area contributed by atoms with Gasteiger partial charge in [-0.25, -0.2) is 9.18 Å². The van der Waals surface area contributed by atoms with Gasteiger partial charge < -0.3 is 15.0 Å². The van der Waals surface area contributed by atoms with Gasteiger partial charge in [-0.05, 0) is 42.5 Å². The average molecular weight is 373 g/mol. The third kappa shape index (κ3) is 3.40. The van der Waals surface area contributed by atoms with Gasteiger partial charge in [-0.2, -0.15) is 0 Å². The van der Waals surface area contributed by atoms with Gasteiger partial charge in [-0.1, -0.05) is 41.9 Å². The Kier molecular flexibility index (Phi) is 4.55. The van der Waals surface area contributed by atoms with E-state index in [4.69, 9.17) is 16.3 Å². The summed E-state index contributed by atoms with van der Waals surface area (Å²) in [4.78, 5) is 15.4. The molecule has 0 saturated heterocycles. The molecule has 4 rings (SSSR count). The van der Waals surface area contributed by atoms with Gasteiger partial charge in [0.15, 0.2) is 0 Å². The minimum Gasteiger partial charge on any atom is -0.445 e. The fourth-order valence-corrected chi connectivity index (χ4v) is 3.63. The molecule has 0 spiro atoms. The summed E-state index contributed by atoms with van der Waals surface area (Å²) in [5.74, 6) is -0.432. The summed E-state index contributed by atoms with van der Waals surface area (Å²) in [5.41, 5.74) is 3.89. The third-order valence-electron chi connectivity index (χ3n) is 4.76. The Morgan fingerprint density at radius 3 is 2.92 bits per heavy atom. The smallest absolute Gasteiger partial charge is 0.407 e. The highest BCUT2D eigenvalue weighted by atomic mass is 35.5. The van der Waals surface area contributed by atoms with E-state index in [0.717, 1.165) is 40.6 Å². The van der Waals surface area contributed by atoms with Crippen molar-refractivity contribution < 1.29 is 13.9 Å². The SMILES string of the molecule is O=C(N[C@@H]1CCc2[nH]c3cc(Cl)c(F)cc3c2C1)OCc1ccccc1. The lowest BCUT2D eigenvalue weighted by molar-refractivity contribution is 0.134. The molecule has 2 N–H and O–H groups in total. The summed E-state index contributed by atoms with van der Waals surface area (Å²) >= 11 is 5.87. The Bertz CT molecular complexity index is 955. The first-order valence-corrected chi connectivity index (χ1v) is 8.93. The zero-order valence-corrected chi connectivity index (χ0v) is 14.8. The van der Waals surface area contributed by atoms with Crippen LogP contribution < -0.4 is 5.32 Å². The summed E-state index contributed by atoms with van der Waals surface area (Å²) in [5, 5.41) is 3.85. The van der Waals surface area contributed by atoms with Gasteiger partial charge in [0.05, 0.1) is 5.02 Å². The molecule has 0 fully saturated rings. The van der Waals surface area contributed by atoms with Crippen molar-refractivity contribution in [1.29, 1.82) is 0 Å². The van der Waals surface area contributed by atoms with Gasteiger partial charge in [0, 0.05) is 22.6 Å². The molecule has 2 aromatic carbocycles. The Hall–Kier alpha value is -2.53. The zero-order valence-electron chi connectivity index (χ0n) is 14.0. The van der Waals surface area contributed by atoms with E-state index in [1.165, 1.54) is 6.07 Å². The van der Waals surface area contributed by atoms with Crippen molar-refractivity contribution in [3.05, 3.63) is 70.1 Å². The van der Waals surface area contributed by atoms with E-state index < -0.39 is 11.9 Å². The van der Waals surface area contributed by atoms with E-state index in [0.29, 0.717) is 6.42 Å². The molecule has 0 saturated carbocycles. The summed E-state index contributed by atoms with van der Waals surface area (Å²) in [7, 11) is 0. The number of carbonyl (C=O) groups excluding carboxylic acids is 1.